The minimum atomic E-state index is -0.785. The summed E-state index contributed by atoms with van der Waals surface area (Å²) in [5.41, 5.74) is 1.04. The number of aliphatic hydroxyl groups excluding tert-OH is 1. The number of aryl methyl sites for hydroxylation is 1. The second kappa shape index (κ2) is 5.67. The molecule has 2 N–H and O–H groups in total. The average molecular weight is 226 g/mol. The van der Waals surface area contributed by atoms with E-state index in [-0.39, 0.29) is 0 Å². The molecule has 0 fully saturated rings. The zero-order valence-corrected chi connectivity index (χ0v) is 9.80. The first-order valence-electron chi connectivity index (χ1n) is 5.15. The van der Waals surface area contributed by atoms with Crippen molar-refractivity contribution < 1.29 is 14.6 Å². The third-order valence-corrected chi connectivity index (χ3v) is 2.49. The van der Waals surface area contributed by atoms with E-state index in [1.807, 2.05) is 29.9 Å². The van der Waals surface area contributed by atoms with Crippen LogP contribution in [0.4, 0.5) is 0 Å². The van der Waals surface area contributed by atoms with Crippen molar-refractivity contribution in [3.8, 4) is 0 Å². The predicted octanol–water partition coefficient (Wildman–Crippen LogP) is 0.0371. The molecule has 0 saturated carbocycles. The zero-order valence-electron chi connectivity index (χ0n) is 9.80. The summed E-state index contributed by atoms with van der Waals surface area (Å²) < 4.78 is 6.55. The highest BCUT2D eigenvalue weighted by atomic mass is 16.5. The molecular weight excluding hydrogens is 208 g/mol. The first-order chi connectivity index (χ1) is 7.56. The van der Waals surface area contributed by atoms with Gasteiger partial charge in [-0.05, 0) is 19.1 Å². The lowest BCUT2D eigenvalue weighted by Crippen LogP contribution is -2.45. The Labute approximate surface area is 95.0 Å². The monoisotopic (exact) mass is 226 g/mol. The third kappa shape index (κ3) is 3.08. The summed E-state index contributed by atoms with van der Waals surface area (Å²) in [7, 11) is 3.23. The van der Waals surface area contributed by atoms with E-state index in [1.165, 1.54) is 7.11 Å². The summed E-state index contributed by atoms with van der Waals surface area (Å²) in [5.74, 6) is -0.454. The molecule has 0 amide bonds. The molecule has 1 aromatic heterocycles. The number of nitrogens with zero attached hydrogens (tertiary/aromatic N) is 1. The average Bonchev–Trinajstić information content (AvgIpc) is 2.64. The number of aliphatic hydroxyl groups is 1. The fourth-order valence-electron chi connectivity index (χ4n) is 1.47. The molecule has 0 radical (unpaired) electrons. The van der Waals surface area contributed by atoms with Gasteiger partial charge < -0.3 is 14.4 Å². The Morgan fingerprint density at radius 2 is 2.38 bits per heavy atom. The van der Waals surface area contributed by atoms with Crippen molar-refractivity contribution in [2.24, 2.45) is 7.05 Å². The van der Waals surface area contributed by atoms with E-state index in [4.69, 9.17) is 0 Å². The van der Waals surface area contributed by atoms with Gasteiger partial charge >= 0.3 is 5.97 Å². The Morgan fingerprint density at radius 3 is 2.81 bits per heavy atom. The number of methoxy groups -OCH3 is 1. The Bertz CT molecular complexity index is 347. The summed E-state index contributed by atoms with van der Waals surface area (Å²) in [6.07, 6.45) is 1.14. The van der Waals surface area contributed by atoms with Crippen LogP contribution in [0.15, 0.2) is 18.3 Å². The molecule has 0 unspecified atom stereocenters. The quantitative estimate of drug-likeness (QED) is 0.696. The smallest absolute Gasteiger partial charge is 0.325 e. The van der Waals surface area contributed by atoms with Crippen molar-refractivity contribution in [3.63, 3.8) is 0 Å². The van der Waals surface area contributed by atoms with Gasteiger partial charge in [0.1, 0.15) is 6.04 Å². The van der Waals surface area contributed by atoms with Crippen LogP contribution in [0.5, 0.6) is 0 Å². The fraction of sp³-hybridized carbons (Fsp3) is 0.545. The van der Waals surface area contributed by atoms with Crippen LogP contribution >= 0.6 is 0 Å². The predicted molar refractivity (Wildman–Crippen MR) is 59.7 cm³/mol. The number of ether oxygens (including phenoxy) is 1. The van der Waals surface area contributed by atoms with Crippen LogP contribution in [0.2, 0.25) is 0 Å². The van der Waals surface area contributed by atoms with Crippen LogP contribution in [0.3, 0.4) is 0 Å². The van der Waals surface area contributed by atoms with Crippen molar-refractivity contribution in [1.29, 1.82) is 0 Å². The van der Waals surface area contributed by atoms with Gasteiger partial charge in [-0.25, -0.2) is 0 Å². The number of rotatable bonds is 5. The van der Waals surface area contributed by atoms with E-state index >= 15 is 0 Å². The number of hydrogen-bond acceptors (Lipinski definition) is 4. The molecule has 1 aromatic rings. The van der Waals surface area contributed by atoms with Crippen LogP contribution in [0.1, 0.15) is 12.6 Å². The van der Waals surface area contributed by atoms with Gasteiger partial charge in [-0.3, -0.25) is 10.1 Å². The van der Waals surface area contributed by atoms with E-state index in [0.29, 0.717) is 6.54 Å². The maximum Gasteiger partial charge on any atom is 0.325 e. The van der Waals surface area contributed by atoms with Crippen LogP contribution in [-0.2, 0) is 23.1 Å². The molecular formula is C11H18N2O3. The lowest BCUT2D eigenvalue weighted by molar-refractivity contribution is -0.145. The maximum absolute atomic E-state index is 11.3. The van der Waals surface area contributed by atoms with Crippen molar-refractivity contribution in [3.05, 3.63) is 24.0 Å². The molecule has 0 aliphatic heterocycles. The Kier molecular flexibility index (Phi) is 4.52. The summed E-state index contributed by atoms with van der Waals surface area (Å²) in [6.45, 7) is 2.06. The van der Waals surface area contributed by atoms with Crippen LogP contribution < -0.4 is 5.32 Å². The van der Waals surface area contributed by atoms with Gasteiger partial charge in [-0.1, -0.05) is 0 Å². The molecule has 0 aromatic carbocycles. The van der Waals surface area contributed by atoms with Crippen LogP contribution in [0.25, 0.3) is 0 Å². The molecule has 0 spiro atoms. The topological polar surface area (TPSA) is 63.5 Å². The number of hydrogen-bond donors (Lipinski definition) is 2. The minimum Gasteiger partial charge on any atom is -0.468 e. The van der Waals surface area contributed by atoms with Gasteiger partial charge in [0.15, 0.2) is 0 Å². The summed E-state index contributed by atoms with van der Waals surface area (Å²) in [5, 5.41) is 12.4. The first kappa shape index (κ1) is 12.7. The molecule has 2 atom stereocenters. The van der Waals surface area contributed by atoms with E-state index < -0.39 is 18.1 Å². The van der Waals surface area contributed by atoms with Gasteiger partial charge in [-0.2, -0.15) is 0 Å². The molecule has 16 heavy (non-hydrogen) atoms. The number of aromatic nitrogens is 1. The normalized spacial score (nSPS) is 14.5. The molecule has 90 valence electrons. The minimum absolute atomic E-state index is 0.454. The van der Waals surface area contributed by atoms with E-state index in [1.54, 1.807) is 6.92 Å². The van der Waals surface area contributed by atoms with E-state index in [9.17, 15) is 9.90 Å². The molecule has 1 heterocycles. The number of esters is 1. The van der Waals surface area contributed by atoms with Crippen molar-refractivity contribution in [2.45, 2.75) is 25.6 Å². The third-order valence-electron chi connectivity index (χ3n) is 2.49. The summed E-state index contributed by atoms with van der Waals surface area (Å²) >= 11 is 0. The zero-order chi connectivity index (χ0) is 12.1. The number of carbonyl (C=O) groups is 1. The second-order valence-electron chi connectivity index (χ2n) is 3.73. The van der Waals surface area contributed by atoms with Gasteiger partial charge in [0.2, 0.25) is 0 Å². The van der Waals surface area contributed by atoms with E-state index in [0.717, 1.165) is 5.69 Å². The van der Waals surface area contributed by atoms with Crippen LogP contribution in [0, 0.1) is 0 Å². The SMILES string of the molecule is COC(=O)[C@H](NCc1cccn1C)[C@@H](C)O. The molecule has 0 saturated heterocycles. The highest BCUT2D eigenvalue weighted by Gasteiger charge is 2.23. The molecule has 0 bridgehead atoms. The summed E-state index contributed by atoms with van der Waals surface area (Å²) in [6, 6.07) is 3.18. The van der Waals surface area contributed by atoms with Crippen molar-refractivity contribution in [1.82, 2.24) is 9.88 Å². The lowest BCUT2D eigenvalue weighted by Gasteiger charge is -2.19. The summed E-state index contributed by atoms with van der Waals surface area (Å²) in [4.78, 5) is 11.3. The highest BCUT2D eigenvalue weighted by Crippen LogP contribution is 2.02. The molecule has 0 aliphatic carbocycles. The molecule has 5 nitrogen and oxygen atoms in total. The second-order valence-corrected chi connectivity index (χ2v) is 3.73. The van der Waals surface area contributed by atoms with E-state index in [2.05, 4.69) is 10.1 Å². The van der Waals surface area contributed by atoms with Crippen LogP contribution in [-0.4, -0.2) is 34.9 Å². The van der Waals surface area contributed by atoms with Gasteiger partial charge in [0.25, 0.3) is 0 Å². The Morgan fingerprint density at radius 1 is 1.69 bits per heavy atom. The van der Waals surface area contributed by atoms with Gasteiger partial charge in [0.05, 0.1) is 13.2 Å². The lowest BCUT2D eigenvalue weighted by atomic mass is 10.2. The fourth-order valence-corrected chi connectivity index (χ4v) is 1.47. The largest absolute Gasteiger partial charge is 0.468 e. The number of nitrogens with one attached hydrogen (secondary N) is 1. The first-order valence-corrected chi connectivity index (χ1v) is 5.15. The molecule has 0 aliphatic rings. The molecule has 5 heteroatoms. The molecule has 1 rings (SSSR count). The standard InChI is InChI=1S/C11H18N2O3/c1-8(14)10(11(15)16-3)12-7-9-5-4-6-13(9)2/h4-6,8,10,12,14H,7H2,1-3H3/t8-,10-/m1/s1. The number of carbonyl (C=O) groups excluding carboxylic acids is 1. The van der Waals surface area contributed by atoms with Crippen molar-refractivity contribution in [2.75, 3.05) is 7.11 Å². The van der Waals surface area contributed by atoms with Gasteiger partial charge in [0, 0.05) is 25.5 Å². The maximum atomic E-state index is 11.3. The Hall–Kier alpha value is -1.33. The Balaban J connectivity index is 2.57. The van der Waals surface area contributed by atoms with Gasteiger partial charge in [-0.15, -0.1) is 0 Å². The van der Waals surface area contributed by atoms with Crippen molar-refractivity contribution >= 4 is 5.97 Å². The highest BCUT2D eigenvalue weighted by molar-refractivity contribution is 5.76.